The molecule has 1 heterocycles. The quantitative estimate of drug-likeness (QED) is 0.159. The Morgan fingerprint density at radius 2 is 1.90 bits per heavy atom. The third-order valence-corrected chi connectivity index (χ3v) is 7.49. The molecule has 1 amide bonds. The van der Waals surface area contributed by atoms with Gasteiger partial charge in [0.05, 0.1) is 22.1 Å². The maximum absolute atomic E-state index is 14.0. The van der Waals surface area contributed by atoms with Gasteiger partial charge in [0, 0.05) is 30.7 Å². The van der Waals surface area contributed by atoms with Crippen LogP contribution in [0.5, 0.6) is 23.0 Å². The van der Waals surface area contributed by atoms with Crippen LogP contribution in [0.4, 0.5) is 4.39 Å². The van der Waals surface area contributed by atoms with Crippen LogP contribution in [0.3, 0.4) is 0 Å². The number of ether oxygens (including phenoxy) is 3. The van der Waals surface area contributed by atoms with Crippen molar-refractivity contribution >= 4 is 43.5 Å². The lowest BCUT2D eigenvalue weighted by Gasteiger charge is -2.24. The Hall–Kier alpha value is -3.39. The lowest BCUT2D eigenvalue weighted by atomic mass is 9.94. The number of phenolic OH excluding ortho intramolecular Hbond substituents is 1. The first-order valence-corrected chi connectivity index (χ1v) is 14.3. The SMILES string of the molecule is C/C(Oc1ccc(C(=O)NCCc2cc(F)ccc2Oc2ccc(O)cc2Cl)cc1)=C(Cl)\C=C1/COCCC1C(O)=P. The number of carbonyl (C=O) groups excluding carboxylic acids is 1. The number of allylic oxidation sites excluding steroid dienone is 3. The molecule has 42 heavy (non-hydrogen) atoms. The van der Waals surface area contributed by atoms with Crippen molar-refractivity contribution in [2.45, 2.75) is 19.8 Å². The molecule has 1 aliphatic heterocycles. The van der Waals surface area contributed by atoms with Crippen LogP contribution in [0.2, 0.25) is 5.02 Å². The zero-order valence-electron chi connectivity index (χ0n) is 22.6. The van der Waals surface area contributed by atoms with Crippen molar-refractivity contribution in [2.75, 3.05) is 19.8 Å². The molecule has 0 bridgehead atoms. The smallest absolute Gasteiger partial charge is 0.251 e. The van der Waals surface area contributed by atoms with Crippen molar-refractivity contribution in [3.05, 3.63) is 105 Å². The van der Waals surface area contributed by atoms with Crippen molar-refractivity contribution < 1.29 is 33.6 Å². The van der Waals surface area contributed by atoms with Crippen LogP contribution in [0.1, 0.15) is 29.3 Å². The fraction of sp³-hybridized carbons (Fsp3) is 0.226. The molecular weight excluding hydrogens is 603 g/mol. The van der Waals surface area contributed by atoms with Gasteiger partial charge < -0.3 is 29.7 Å². The summed E-state index contributed by atoms with van der Waals surface area (Å²) >= 11 is 12.6. The van der Waals surface area contributed by atoms with E-state index in [1.54, 1.807) is 37.3 Å². The Kier molecular flexibility index (Phi) is 11.0. The van der Waals surface area contributed by atoms with E-state index < -0.39 is 5.82 Å². The Bertz CT molecular complexity index is 1530. The van der Waals surface area contributed by atoms with Crippen LogP contribution in [0, 0.1) is 11.7 Å². The minimum absolute atomic E-state index is 0.00326. The fourth-order valence-corrected chi connectivity index (χ4v) is 4.96. The van der Waals surface area contributed by atoms with Gasteiger partial charge in [-0.25, -0.2) is 4.39 Å². The van der Waals surface area contributed by atoms with Gasteiger partial charge in [0.1, 0.15) is 34.6 Å². The average Bonchev–Trinajstić information content (AvgIpc) is 2.96. The van der Waals surface area contributed by atoms with E-state index in [1.807, 2.05) is 0 Å². The maximum atomic E-state index is 14.0. The topological polar surface area (TPSA) is 97.3 Å². The number of carbonyl (C=O) groups is 1. The van der Waals surface area contributed by atoms with Crippen molar-refractivity contribution in [2.24, 2.45) is 5.92 Å². The van der Waals surface area contributed by atoms with E-state index in [1.165, 1.54) is 36.4 Å². The van der Waals surface area contributed by atoms with E-state index in [2.05, 4.69) is 14.2 Å². The number of halogens is 3. The van der Waals surface area contributed by atoms with Crippen LogP contribution in [-0.2, 0) is 11.2 Å². The first kappa shape index (κ1) is 31.5. The van der Waals surface area contributed by atoms with Gasteiger partial charge in [0.15, 0.2) is 0 Å². The maximum Gasteiger partial charge on any atom is 0.251 e. The zero-order chi connectivity index (χ0) is 30.2. The van der Waals surface area contributed by atoms with E-state index in [4.69, 9.17) is 37.4 Å². The Morgan fingerprint density at radius 1 is 1.17 bits per heavy atom. The summed E-state index contributed by atoms with van der Waals surface area (Å²) in [6, 6.07) is 14.9. The van der Waals surface area contributed by atoms with Gasteiger partial charge in [-0.1, -0.05) is 32.1 Å². The second-order valence-electron chi connectivity index (χ2n) is 9.50. The fourth-order valence-electron chi connectivity index (χ4n) is 4.24. The van der Waals surface area contributed by atoms with Gasteiger partial charge in [-0.2, -0.15) is 0 Å². The number of hydrogen-bond donors (Lipinski definition) is 3. The first-order chi connectivity index (χ1) is 20.1. The number of aliphatic hydroxyl groups is 1. The van der Waals surface area contributed by atoms with Gasteiger partial charge in [-0.15, -0.1) is 0 Å². The van der Waals surface area contributed by atoms with E-state index in [-0.39, 0.29) is 34.6 Å². The molecule has 11 heteroatoms. The van der Waals surface area contributed by atoms with Crippen LogP contribution in [-0.4, -0.2) is 41.4 Å². The highest BCUT2D eigenvalue weighted by atomic mass is 35.5. The molecule has 0 aliphatic carbocycles. The second kappa shape index (κ2) is 14.7. The third-order valence-electron chi connectivity index (χ3n) is 6.47. The molecule has 1 saturated heterocycles. The highest BCUT2D eigenvalue weighted by Crippen LogP contribution is 2.34. The van der Waals surface area contributed by atoms with Gasteiger partial charge in [-0.3, -0.25) is 4.79 Å². The summed E-state index contributed by atoms with van der Waals surface area (Å²) in [5.74, 6) is 0.673. The van der Waals surface area contributed by atoms with Crippen molar-refractivity contribution in [1.82, 2.24) is 5.32 Å². The summed E-state index contributed by atoms with van der Waals surface area (Å²) in [5, 5.41) is 22.8. The molecule has 1 unspecified atom stereocenters. The average molecular weight is 632 g/mol. The summed E-state index contributed by atoms with van der Waals surface area (Å²) in [6.45, 7) is 2.84. The lowest BCUT2D eigenvalue weighted by Crippen LogP contribution is -2.25. The van der Waals surface area contributed by atoms with E-state index in [0.717, 1.165) is 5.57 Å². The van der Waals surface area contributed by atoms with Crippen LogP contribution in [0.15, 0.2) is 83.1 Å². The molecule has 3 aromatic carbocycles. The predicted octanol–water partition coefficient (Wildman–Crippen LogP) is 7.41. The Morgan fingerprint density at radius 3 is 2.62 bits per heavy atom. The molecule has 3 aromatic rings. The molecule has 3 N–H and O–H groups in total. The van der Waals surface area contributed by atoms with Gasteiger partial charge in [-0.05, 0) is 91.6 Å². The van der Waals surface area contributed by atoms with E-state index >= 15 is 0 Å². The largest absolute Gasteiger partial charge is 0.508 e. The van der Waals surface area contributed by atoms with Crippen LogP contribution < -0.4 is 14.8 Å². The predicted molar refractivity (Wildman–Crippen MR) is 164 cm³/mol. The van der Waals surface area contributed by atoms with Crippen molar-refractivity contribution in [1.29, 1.82) is 0 Å². The number of benzene rings is 3. The van der Waals surface area contributed by atoms with Crippen molar-refractivity contribution in [3.63, 3.8) is 0 Å². The highest BCUT2D eigenvalue weighted by molar-refractivity contribution is 7.20. The molecule has 220 valence electrons. The molecule has 1 fully saturated rings. The summed E-state index contributed by atoms with van der Waals surface area (Å²) in [5.41, 5.74) is 1.90. The number of aliphatic hydroxyl groups excluding tert-OH is 1. The zero-order valence-corrected chi connectivity index (χ0v) is 25.1. The highest BCUT2D eigenvalue weighted by Gasteiger charge is 2.22. The van der Waals surface area contributed by atoms with Crippen LogP contribution >= 0.6 is 32.1 Å². The molecule has 7 nitrogen and oxygen atoms in total. The van der Waals surface area contributed by atoms with E-state index in [0.29, 0.717) is 65.2 Å². The molecule has 0 saturated carbocycles. The van der Waals surface area contributed by atoms with Gasteiger partial charge >= 0.3 is 0 Å². The van der Waals surface area contributed by atoms with Gasteiger partial charge in [0.25, 0.3) is 5.91 Å². The molecule has 1 atom stereocenters. The number of rotatable bonds is 10. The van der Waals surface area contributed by atoms with E-state index in [9.17, 15) is 19.4 Å². The minimum atomic E-state index is -0.442. The molecule has 0 spiro atoms. The number of phenols is 1. The van der Waals surface area contributed by atoms with Crippen LogP contribution in [0.25, 0.3) is 0 Å². The number of hydrogen-bond acceptors (Lipinski definition) is 5. The number of aromatic hydroxyl groups is 1. The molecule has 0 radical (unpaired) electrons. The monoisotopic (exact) mass is 631 g/mol. The summed E-state index contributed by atoms with van der Waals surface area (Å²) in [4.78, 5) is 12.7. The lowest BCUT2D eigenvalue weighted by molar-refractivity contribution is 0.0954. The Balaban J connectivity index is 1.35. The molecule has 1 aliphatic rings. The number of nitrogens with one attached hydrogen (secondary N) is 1. The summed E-state index contributed by atoms with van der Waals surface area (Å²) in [6.07, 6.45) is 2.66. The third kappa shape index (κ3) is 8.57. The molecular formula is C31H29Cl2FNO6P. The second-order valence-corrected chi connectivity index (χ2v) is 10.8. The molecule has 4 rings (SSSR count). The Labute approximate surface area is 255 Å². The first-order valence-electron chi connectivity index (χ1n) is 13.0. The number of amides is 1. The normalized spacial score (nSPS) is 16.5. The summed E-state index contributed by atoms with van der Waals surface area (Å²) < 4.78 is 31.1. The standard InChI is InChI=1S/C31H29Cl2FNO6P/c1-18(26(32)15-21-17-39-13-11-25(21)31(38)42)40-24-6-2-19(3-7-24)30(37)35-12-10-20-14-22(34)4-8-28(20)41-29-9-5-23(36)16-27(29)33/h2-9,14-16,25,36,38,42H,10-13,17H2,1H3,(H,35,37)/b21-15+,26-18-. The minimum Gasteiger partial charge on any atom is -0.508 e. The van der Waals surface area contributed by atoms with Gasteiger partial charge in [0.2, 0.25) is 0 Å². The molecule has 0 aromatic heterocycles. The van der Waals surface area contributed by atoms with Crippen molar-refractivity contribution in [3.8, 4) is 23.0 Å². The summed E-state index contributed by atoms with van der Waals surface area (Å²) in [7, 11) is 3.20.